The lowest BCUT2D eigenvalue weighted by Crippen LogP contribution is -2.49. The van der Waals surface area contributed by atoms with Gasteiger partial charge in [0.25, 0.3) is 0 Å². The second-order valence-corrected chi connectivity index (χ2v) is 7.25. The minimum atomic E-state index is 0.682. The third kappa shape index (κ3) is 3.60. The summed E-state index contributed by atoms with van der Waals surface area (Å²) in [5.74, 6) is 0.803. The van der Waals surface area contributed by atoms with Gasteiger partial charge in [-0.3, -0.25) is 4.90 Å². The van der Waals surface area contributed by atoms with E-state index in [0.717, 1.165) is 18.5 Å². The molecule has 0 saturated heterocycles. The molecule has 3 rings (SSSR count). The zero-order chi connectivity index (χ0) is 14.7. The van der Waals surface area contributed by atoms with Gasteiger partial charge in [-0.2, -0.15) is 0 Å². The van der Waals surface area contributed by atoms with Crippen LogP contribution in [0.1, 0.15) is 51.5 Å². The maximum atomic E-state index is 3.66. The van der Waals surface area contributed by atoms with Gasteiger partial charge in [0.1, 0.15) is 0 Å². The number of hydrogen-bond donors (Lipinski definition) is 1. The van der Waals surface area contributed by atoms with E-state index in [0.29, 0.717) is 6.04 Å². The zero-order valence-electron chi connectivity index (χ0n) is 13.6. The molecule has 0 amide bonds. The lowest BCUT2D eigenvalue weighted by Gasteiger charge is -2.40. The van der Waals surface area contributed by atoms with E-state index in [1.54, 1.807) is 0 Å². The molecule has 1 heterocycles. The van der Waals surface area contributed by atoms with Crippen molar-refractivity contribution in [2.24, 2.45) is 5.92 Å². The van der Waals surface area contributed by atoms with Gasteiger partial charge in [-0.05, 0) is 49.8 Å². The highest BCUT2D eigenvalue weighted by Crippen LogP contribution is 2.30. The van der Waals surface area contributed by atoms with Crippen molar-refractivity contribution in [3.63, 3.8) is 0 Å². The normalized spacial score (nSPS) is 22.6. The van der Waals surface area contributed by atoms with Gasteiger partial charge in [-0.25, -0.2) is 0 Å². The third-order valence-electron chi connectivity index (χ3n) is 5.23. The summed E-state index contributed by atoms with van der Waals surface area (Å²) in [4.78, 5) is 2.84. The molecule has 2 heteroatoms. The van der Waals surface area contributed by atoms with E-state index < -0.39 is 0 Å². The van der Waals surface area contributed by atoms with Crippen molar-refractivity contribution >= 4 is 5.69 Å². The second kappa shape index (κ2) is 6.83. The highest BCUT2D eigenvalue weighted by Gasteiger charge is 2.30. The molecule has 1 atom stereocenters. The molecule has 116 valence electrons. The summed E-state index contributed by atoms with van der Waals surface area (Å²) in [5, 5.41) is 3.66. The van der Waals surface area contributed by atoms with Gasteiger partial charge < -0.3 is 5.32 Å². The fraction of sp³-hybridized carbons (Fsp3) is 0.684. The number of hydrogen-bond acceptors (Lipinski definition) is 2. The van der Waals surface area contributed by atoms with Gasteiger partial charge in [0.2, 0.25) is 0 Å². The number of fused-ring (bicyclic) bond motifs is 1. The highest BCUT2D eigenvalue weighted by atomic mass is 15.2. The van der Waals surface area contributed by atoms with Crippen LogP contribution in [0.3, 0.4) is 0 Å². The van der Waals surface area contributed by atoms with Gasteiger partial charge >= 0.3 is 0 Å². The van der Waals surface area contributed by atoms with Gasteiger partial charge in [0.05, 0.1) is 0 Å². The maximum Gasteiger partial charge on any atom is 0.0373 e. The average Bonchev–Trinajstić information content (AvgIpc) is 3.01. The first-order valence-electron chi connectivity index (χ1n) is 8.81. The molecule has 1 aliphatic heterocycles. The Morgan fingerprint density at radius 2 is 1.90 bits per heavy atom. The molecule has 2 nitrogen and oxygen atoms in total. The largest absolute Gasteiger partial charge is 0.383 e. The molecule has 0 aromatic heterocycles. The molecule has 1 aromatic carbocycles. The lowest BCUT2D eigenvalue weighted by atomic mass is 9.96. The molecular weight excluding hydrogens is 256 g/mol. The Balaban J connectivity index is 1.71. The first-order valence-corrected chi connectivity index (χ1v) is 8.81. The predicted octanol–water partition coefficient (Wildman–Crippen LogP) is 4.31. The van der Waals surface area contributed by atoms with E-state index in [1.807, 2.05) is 0 Å². The quantitative estimate of drug-likeness (QED) is 0.867. The molecule has 1 N–H and O–H groups in total. The van der Waals surface area contributed by atoms with E-state index in [9.17, 15) is 0 Å². The minimum Gasteiger partial charge on any atom is -0.383 e. The second-order valence-electron chi connectivity index (χ2n) is 7.25. The average molecular weight is 286 g/mol. The highest BCUT2D eigenvalue weighted by molar-refractivity contribution is 5.53. The van der Waals surface area contributed by atoms with Gasteiger partial charge in [0.15, 0.2) is 0 Å². The van der Waals surface area contributed by atoms with Gasteiger partial charge in [-0.15, -0.1) is 0 Å². The van der Waals surface area contributed by atoms with Crippen molar-refractivity contribution in [2.45, 2.75) is 64.5 Å². The lowest BCUT2D eigenvalue weighted by molar-refractivity contribution is 0.131. The van der Waals surface area contributed by atoms with Crippen LogP contribution < -0.4 is 5.32 Å². The molecule has 21 heavy (non-hydrogen) atoms. The number of benzene rings is 1. The summed E-state index contributed by atoms with van der Waals surface area (Å²) in [5.41, 5.74) is 2.85. The number of nitrogens with one attached hydrogen (secondary N) is 1. The molecule has 2 aliphatic rings. The molecule has 1 saturated carbocycles. The molecular formula is C19H30N2. The number of para-hydroxylation sites is 1. The molecule has 0 bridgehead atoms. The monoisotopic (exact) mass is 286 g/mol. The van der Waals surface area contributed by atoms with E-state index >= 15 is 0 Å². The molecule has 1 aromatic rings. The van der Waals surface area contributed by atoms with Crippen molar-refractivity contribution in [2.75, 3.05) is 18.4 Å². The summed E-state index contributed by atoms with van der Waals surface area (Å²) < 4.78 is 0. The van der Waals surface area contributed by atoms with E-state index in [1.165, 1.54) is 56.3 Å². The minimum absolute atomic E-state index is 0.682. The van der Waals surface area contributed by atoms with E-state index in [4.69, 9.17) is 0 Å². The van der Waals surface area contributed by atoms with Crippen molar-refractivity contribution in [1.82, 2.24) is 4.90 Å². The van der Waals surface area contributed by atoms with Crippen molar-refractivity contribution in [1.29, 1.82) is 0 Å². The Hall–Kier alpha value is -1.02. The summed E-state index contributed by atoms with van der Waals surface area (Å²) in [6.07, 6.45) is 8.23. The molecule has 0 spiro atoms. The summed E-state index contributed by atoms with van der Waals surface area (Å²) in [6, 6.07) is 10.3. The van der Waals surface area contributed by atoms with Crippen LogP contribution >= 0.6 is 0 Å². The fourth-order valence-electron chi connectivity index (χ4n) is 3.97. The topological polar surface area (TPSA) is 15.3 Å². The van der Waals surface area contributed by atoms with Crippen LogP contribution in [0.4, 0.5) is 5.69 Å². The van der Waals surface area contributed by atoms with Gasteiger partial charge in [-0.1, -0.05) is 44.9 Å². The Kier molecular flexibility index (Phi) is 4.84. The molecule has 0 radical (unpaired) electrons. The molecule has 1 unspecified atom stereocenters. The summed E-state index contributed by atoms with van der Waals surface area (Å²) in [6.45, 7) is 7.09. The zero-order valence-corrected chi connectivity index (χ0v) is 13.6. The first-order chi connectivity index (χ1) is 10.2. The fourth-order valence-corrected chi connectivity index (χ4v) is 3.97. The van der Waals surface area contributed by atoms with Crippen LogP contribution in [0.15, 0.2) is 24.3 Å². The van der Waals surface area contributed by atoms with Crippen LogP contribution in [-0.2, 0) is 6.42 Å². The van der Waals surface area contributed by atoms with Crippen molar-refractivity contribution < 1.29 is 0 Å². The number of rotatable bonds is 5. The molecule has 1 fully saturated rings. The third-order valence-corrected chi connectivity index (χ3v) is 5.23. The van der Waals surface area contributed by atoms with Crippen LogP contribution in [-0.4, -0.2) is 30.1 Å². The Labute approximate surface area is 129 Å². The first kappa shape index (κ1) is 14.9. The maximum absolute atomic E-state index is 3.66. The Morgan fingerprint density at radius 3 is 2.67 bits per heavy atom. The SMILES string of the molecule is CC(C)CCN(C1CCCC1)C1CNc2ccccc2C1. The van der Waals surface area contributed by atoms with Gasteiger partial charge in [0, 0.05) is 24.3 Å². The smallest absolute Gasteiger partial charge is 0.0373 e. The van der Waals surface area contributed by atoms with Crippen molar-refractivity contribution in [3.8, 4) is 0 Å². The number of anilines is 1. The Morgan fingerprint density at radius 1 is 1.14 bits per heavy atom. The summed E-state index contributed by atoms with van der Waals surface area (Å²) >= 11 is 0. The van der Waals surface area contributed by atoms with E-state index in [2.05, 4.69) is 48.3 Å². The molecule has 1 aliphatic carbocycles. The number of nitrogens with zero attached hydrogens (tertiary/aromatic N) is 1. The van der Waals surface area contributed by atoms with Crippen LogP contribution in [0.5, 0.6) is 0 Å². The summed E-state index contributed by atoms with van der Waals surface area (Å²) in [7, 11) is 0. The van der Waals surface area contributed by atoms with Crippen LogP contribution in [0.25, 0.3) is 0 Å². The standard InChI is InChI=1S/C19H30N2/c1-15(2)11-12-21(17-8-4-5-9-17)18-13-16-7-3-6-10-19(16)20-14-18/h3,6-7,10,15,17-18,20H,4-5,8-9,11-14H2,1-2H3. The Bertz CT molecular complexity index is 449. The van der Waals surface area contributed by atoms with E-state index in [-0.39, 0.29) is 0 Å². The van der Waals surface area contributed by atoms with Crippen LogP contribution in [0.2, 0.25) is 0 Å². The van der Waals surface area contributed by atoms with Crippen molar-refractivity contribution in [3.05, 3.63) is 29.8 Å². The van der Waals surface area contributed by atoms with Crippen LogP contribution in [0, 0.1) is 5.92 Å². The predicted molar refractivity (Wildman–Crippen MR) is 90.8 cm³/mol.